The zero-order chi connectivity index (χ0) is 16.6. The van der Waals surface area contributed by atoms with Gasteiger partial charge in [0.05, 0.1) is 24.4 Å². The molecule has 23 heavy (non-hydrogen) atoms. The molecule has 0 spiro atoms. The van der Waals surface area contributed by atoms with Crippen LogP contribution in [0.3, 0.4) is 0 Å². The molecule has 122 valence electrons. The van der Waals surface area contributed by atoms with Crippen molar-refractivity contribution in [1.82, 2.24) is 4.57 Å². The minimum Gasteiger partial charge on any atom is -0.477 e. The van der Waals surface area contributed by atoms with Gasteiger partial charge in [0.15, 0.2) is 5.43 Å². The molecule has 1 aromatic carbocycles. The molecule has 1 aliphatic heterocycles. The van der Waals surface area contributed by atoms with Crippen molar-refractivity contribution in [2.75, 3.05) is 31.2 Å². The molecule has 0 aliphatic carbocycles. The molecule has 0 saturated carbocycles. The van der Waals surface area contributed by atoms with Crippen LogP contribution in [0.2, 0.25) is 0 Å². The number of para-hydroxylation sites is 1. The van der Waals surface area contributed by atoms with Crippen molar-refractivity contribution in [3.05, 3.63) is 40.2 Å². The van der Waals surface area contributed by atoms with Crippen molar-refractivity contribution < 1.29 is 14.6 Å². The van der Waals surface area contributed by atoms with Crippen LogP contribution in [0, 0.1) is 0 Å². The third-order valence-corrected chi connectivity index (χ3v) is 4.14. The normalized spacial score (nSPS) is 15.3. The fourth-order valence-electron chi connectivity index (χ4n) is 3.14. The highest BCUT2D eigenvalue weighted by Crippen LogP contribution is 2.29. The Morgan fingerprint density at radius 2 is 1.96 bits per heavy atom. The summed E-state index contributed by atoms with van der Waals surface area (Å²) in [7, 11) is 0. The third kappa shape index (κ3) is 2.70. The SMILES string of the molecule is CC(C)n1c(C(=O)O)cc(=O)c2cccc(N3CCOCC3)c21. The third-order valence-electron chi connectivity index (χ3n) is 4.14. The molecule has 0 amide bonds. The topological polar surface area (TPSA) is 71.8 Å². The lowest BCUT2D eigenvalue weighted by atomic mass is 10.1. The summed E-state index contributed by atoms with van der Waals surface area (Å²) < 4.78 is 7.13. The van der Waals surface area contributed by atoms with Gasteiger partial charge in [-0.2, -0.15) is 0 Å². The summed E-state index contributed by atoms with van der Waals surface area (Å²) in [6.45, 7) is 6.55. The smallest absolute Gasteiger partial charge is 0.352 e. The van der Waals surface area contributed by atoms with E-state index in [1.54, 1.807) is 10.6 Å². The summed E-state index contributed by atoms with van der Waals surface area (Å²) in [6.07, 6.45) is 0. The summed E-state index contributed by atoms with van der Waals surface area (Å²) in [4.78, 5) is 26.2. The van der Waals surface area contributed by atoms with Gasteiger partial charge < -0.3 is 19.3 Å². The monoisotopic (exact) mass is 316 g/mol. The average Bonchev–Trinajstić information content (AvgIpc) is 2.54. The first-order chi connectivity index (χ1) is 11.0. The predicted octanol–water partition coefficient (Wildman–Crippen LogP) is 2.12. The molecule has 2 aromatic rings. The van der Waals surface area contributed by atoms with Crippen LogP contribution >= 0.6 is 0 Å². The first-order valence-electron chi connectivity index (χ1n) is 7.75. The van der Waals surface area contributed by atoms with E-state index < -0.39 is 5.97 Å². The van der Waals surface area contributed by atoms with Crippen LogP contribution in [0.4, 0.5) is 5.69 Å². The number of aromatic nitrogens is 1. The van der Waals surface area contributed by atoms with Crippen LogP contribution in [-0.4, -0.2) is 41.9 Å². The molecule has 1 fully saturated rings. The number of fused-ring (bicyclic) bond motifs is 1. The second kappa shape index (κ2) is 6.04. The van der Waals surface area contributed by atoms with Crippen LogP contribution in [0.5, 0.6) is 0 Å². The second-order valence-corrected chi connectivity index (χ2v) is 5.94. The Balaban J connectivity index is 2.37. The van der Waals surface area contributed by atoms with Gasteiger partial charge in [0.25, 0.3) is 0 Å². The van der Waals surface area contributed by atoms with E-state index in [9.17, 15) is 14.7 Å². The highest BCUT2D eigenvalue weighted by Gasteiger charge is 2.21. The van der Waals surface area contributed by atoms with E-state index in [2.05, 4.69) is 4.90 Å². The maximum atomic E-state index is 12.4. The standard InChI is InChI=1S/C17H20N2O4/c1-11(2)19-14(17(21)22)10-15(20)12-4-3-5-13(16(12)19)18-6-8-23-9-7-18/h3-5,10-11H,6-9H2,1-2H3,(H,21,22). The zero-order valence-corrected chi connectivity index (χ0v) is 13.3. The Bertz CT molecular complexity index is 804. The molecule has 1 saturated heterocycles. The van der Waals surface area contributed by atoms with Gasteiger partial charge in [-0.25, -0.2) is 4.79 Å². The Morgan fingerprint density at radius 1 is 1.26 bits per heavy atom. The first-order valence-corrected chi connectivity index (χ1v) is 7.75. The van der Waals surface area contributed by atoms with Crippen LogP contribution in [0.1, 0.15) is 30.4 Å². The lowest BCUT2D eigenvalue weighted by molar-refractivity contribution is 0.0683. The van der Waals surface area contributed by atoms with Crippen LogP contribution in [0.15, 0.2) is 29.1 Å². The van der Waals surface area contributed by atoms with E-state index in [-0.39, 0.29) is 17.2 Å². The second-order valence-electron chi connectivity index (χ2n) is 5.94. The summed E-state index contributed by atoms with van der Waals surface area (Å²) in [5.74, 6) is -1.09. The van der Waals surface area contributed by atoms with Gasteiger partial charge in [-0.1, -0.05) is 6.07 Å². The van der Waals surface area contributed by atoms with Gasteiger partial charge in [-0.15, -0.1) is 0 Å². The van der Waals surface area contributed by atoms with Crippen LogP contribution in [-0.2, 0) is 4.74 Å². The molecule has 2 heterocycles. The van der Waals surface area contributed by atoms with E-state index >= 15 is 0 Å². The van der Waals surface area contributed by atoms with E-state index in [1.807, 2.05) is 26.0 Å². The minimum absolute atomic E-state index is 0.0261. The fourth-order valence-corrected chi connectivity index (χ4v) is 3.14. The molecule has 0 bridgehead atoms. The molecule has 0 radical (unpaired) electrons. The van der Waals surface area contributed by atoms with E-state index in [1.165, 1.54) is 6.07 Å². The highest BCUT2D eigenvalue weighted by atomic mass is 16.5. The van der Waals surface area contributed by atoms with Gasteiger partial charge in [-0.3, -0.25) is 4.79 Å². The number of anilines is 1. The Kier molecular flexibility index (Phi) is 4.09. The number of ether oxygens (including phenoxy) is 1. The number of benzene rings is 1. The lowest BCUT2D eigenvalue weighted by Crippen LogP contribution is -2.37. The molecule has 3 rings (SSSR count). The quantitative estimate of drug-likeness (QED) is 0.939. The van der Waals surface area contributed by atoms with Crippen molar-refractivity contribution in [2.24, 2.45) is 0 Å². The van der Waals surface area contributed by atoms with Crippen molar-refractivity contribution in [3.63, 3.8) is 0 Å². The van der Waals surface area contributed by atoms with Crippen molar-refractivity contribution in [1.29, 1.82) is 0 Å². The van der Waals surface area contributed by atoms with Crippen molar-refractivity contribution >= 4 is 22.6 Å². The number of carboxylic acids is 1. The van der Waals surface area contributed by atoms with Gasteiger partial charge in [0.1, 0.15) is 5.69 Å². The molecule has 6 nitrogen and oxygen atoms in total. The van der Waals surface area contributed by atoms with Gasteiger partial charge in [0, 0.05) is 30.6 Å². The number of carboxylic acid groups (broad SMARTS) is 1. The highest BCUT2D eigenvalue weighted by molar-refractivity contribution is 5.96. The number of morpholine rings is 1. The molecular formula is C17H20N2O4. The Hall–Kier alpha value is -2.34. The molecule has 1 aliphatic rings. The van der Waals surface area contributed by atoms with Crippen molar-refractivity contribution in [3.8, 4) is 0 Å². The first kappa shape index (κ1) is 15.6. The summed E-state index contributed by atoms with van der Waals surface area (Å²) in [5.41, 5.74) is 1.34. The molecular weight excluding hydrogens is 296 g/mol. The largest absolute Gasteiger partial charge is 0.477 e. The number of carbonyl (C=O) groups is 1. The zero-order valence-electron chi connectivity index (χ0n) is 13.3. The summed E-state index contributed by atoms with van der Waals surface area (Å²) >= 11 is 0. The molecule has 0 unspecified atom stereocenters. The maximum absolute atomic E-state index is 12.4. The number of pyridine rings is 1. The number of hydrogen-bond donors (Lipinski definition) is 1. The van der Waals surface area contributed by atoms with Gasteiger partial charge >= 0.3 is 5.97 Å². The minimum atomic E-state index is -1.09. The van der Waals surface area contributed by atoms with E-state index in [0.29, 0.717) is 24.1 Å². The maximum Gasteiger partial charge on any atom is 0.352 e. The number of hydrogen-bond acceptors (Lipinski definition) is 4. The fraction of sp³-hybridized carbons (Fsp3) is 0.412. The summed E-state index contributed by atoms with van der Waals surface area (Å²) in [5, 5.41) is 10.1. The number of aromatic carboxylic acids is 1. The van der Waals surface area contributed by atoms with E-state index in [0.717, 1.165) is 18.8 Å². The number of rotatable bonds is 3. The summed E-state index contributed by atoms with van der Waals surface area (Å²) in [6, 6.07) is 6.68. The lowest BCUT2D eigenvalue weighted by Gasteiger charge is -2.31. The predicted molar refractivity (Wildman–Crippen MR) is 88.6 cm³/mol. The molecule has 1 N–H and O–H groups in total. The van der Waals surface area contributed by atoms with Crippen LogP contribution in [0.25, 0.3) is 10.9 Å². The molecule has 0 atom stereocenters. The van der Waals surface area contributed by atoms with Crippen molar-refractivity contribution in [2.45, 2.75) is 19.9 Å². The number of nitrogens with zero attached hydrogens (tertiary/aromatic N) is 2. The van der Waals surface area contributed by atoms with Crippen LogP contribution < -0.4 is 10.3 Å². The molecule has 6 heteroatoms. The van der Waals surface area contributed by atoms with Gasteiger partial charge in [0.2, 0.25) is 0 Å². The van der Waals surface area contributed by atoms with Gasteiger partial charge in [-0.05, 0) is 26.0 Å². The Morgan fingerprint density at radius 3 is 2.57 bits per heavy atom. The Labute approximate surface area is 133 Å². The average molecular weight is 316 g/mol. The van der Waals surface area contributed by atoms with E-state index in [4.69, 9.17) is 4.74 Å². The molecule has 1 aromatic heterocycles.